The van der Waals surface area contributed by atoms with E-state index in [0.29, 0.717) is 12.1 Å². The van der Waals surface area contributed by atoms with Gasteiger partial charge in [-0.3, -0.25) is 4.79 Å². The van der Waals surface area contributed by atoms with E-state index in [1.165, 1.54) is 15.3 Å². The predicted molar refractivity (Wildman–Crippen MR) is 85.7 cm³/mol. The van der Waals surface area contributed by atoms with E-state index in [1.54, 1.807) is 11.3 Å². The van der Waals surface area contributed by atoms with Crippen molar-refractivity contribution >= 4 is 22.9 Å². The Hall–Kier alpha value is -1.81. The smallest absolute Gasteiger partial charge is 0.251 e. The summed E-state index contributed by atoms with van der Waals surface area (Å²) in [4.78, 5) is 14.6. The first-order valence-corrected chi connectivity index (χ1v) is 7.45. The van der Waals surface area contributed by atoms with Gasteiger partial charge in [-0.15, -0.1) is 11.3 Å². The maximum absolute atomic E-state index is 12.1. The van der Waals surface area contributed by atoms with Gasteiger partial charge in [0.2, 0.25) is 0 Å². The molecule has 1 amide bonds. The Balaban J connectivity index is 2.03. The molecule has 0 aliphatic carbocycles. The average Bonchev–Trinajstić information content (AvgIpc) is 2.75. The van der Waals surface area contributed by atoms with Crippen molar-refractivity contribution in [3.8, 4) is 0 Å². The van der Waals surface area contributed by atoms with Gasteiger partial charge >= 0.3 is 0 Å². The quantitative estimate of drug-likeness (QED) is 0.901. The first-order valence-electron chi connectivity index (χ1n) is 6.63. The van der Waals surface area contributed by atoms with Gasteiger partial charge in [0.1, 0.15) is 0 Å². The van der Waals surface area contributed by atoms with Crippen LogP contribution in [0.25, 0.3) is 0 Å². The van der Waals surface area contributed by atoms with Crippen molar-refractivity contribution in [3.05, 3.63) is 50.7 Å². The minimum atomic E-state index is -0.0283. The molecule has 1 aromatic carbocycles. The molecule has 0 aliphatic rings. The number of rotatable bonds is 4. The number of thiophene rings is 1. The van der Waals surface area contributed by atoms with Crippen molar-refractivity contribution in [2.45, 2.75) is 27.3 Å². The van der Waals surface area contributed by atoms with Crippen LogP contribution < -0.4 is 10.6 Å². The zero-order valence-corrected chi connectivity index (χ0v) is 13.1. The minimum absolute atomic E-state index is 0.0283. The lowest BCUT2D eigenvalue weighted by Crippen LogP contribution is -2.22. The number of aryl methyl sites for hydroxylation is 3. The molecule has 0 saturated heterocycles. The van der Waals surface area contributed by atoms with Crippen molar-refractivity contribution in [3.63, 3.8) is 0 Å². The third-order valence-electron chi connectivity index (χ3n) is 3.40. The first kappa shape index (κ1) is 14.6. The van der Waals surface area contributed by atoms with E-state index >= 15 is 0 Å². The Morgan fingerprint density at radius 1 is 1.15 bits per heavy atom. The molecule has 1 heterocycles. The largest absolute Gasteiger partial charge is 0.388 e. The molecule has 3 nitrogen and oxygen atoms in total. The van der Waals surface area contributed by atoms with Crippen LogP contribution in [0.1, 0.15) is 31.2 Å². The van der Waals surface area contributed by atoms with Gasteiger partial charge in [0.05, 0.1) is 6.54 Å². The third-order valence-corrected chi connectivity index (χ3v) is 4.55. The zero-order valence-electron chi connectivity index (χ0n) is 12.3. The van der Waals surface area contributed by atoms with Gasteiger partial charge in [0, 0.05) is 28.1 Å². The summed E-state index contributed by atoms with van der Waals surface area (Å²) in [7, 11) is 1.88. The van der Waals surface area contributed by atoms with E-state index < -0.39 is 0 Å². The van der Waals surface area contributed by atoms with Gasteiger partial charge in [-0.2, -0.15) is 0 Å². The molecule has 1 aromatic heterocycles. The molecule has 0 atom stereocenters. The monoisotopic (exact) mass is 288 g/mol. The molecule has 0 spiro atoms. The van der Waals surface area contributed by atoms with Crippen molar-refractivity contribution in [1.82, 2.24) is 5.32 Å². The lowest BCUT2D eigenvalue weighted by molar-refractivity contribution is 0.0951. The molecule has 0 radical (unpaired) electrons. The van der Waals surface area contributed by atoms with Crippen molar-refractivity contribution < 1.29 is 4.79 Å². The predicted octanol–water partition coefficient (Wildman–Crippen LogP) is 3.65. The third kappa shape index (κ3) is 3.20. The summed E-state index contributed by atoms with van der Waals surface area (Å²) >= 11 is 1.74. The van der Waals surface area contributed by atoms with Crippen molar-refractivity contribution in [2.75, 3.05) is 12.4 Å². The zero-order chi connectivity index (χ0) is 14.7. The SMILES string of the molecule is CNc1ccc(C(=O)NCc2cc(C)c(C)s2)cc1C. The minimum Gasteiger partial charge on any atom is -0.388 e. The van der Waals surface area contributed by atoms with E-state index in [2.05, 4.69) is 30.5 Å². The van der Waals surface area contributed by atoms with Crippen LogP contribution in [0.15, 0.2) is 24.3 Å². The molecule has 20 heavy (non-hydrogen) atoms. The highest BCUT2D eigenvalue weighted by Gasteiger charge is 2.08. The summed E-state index contributed by atoms with van der Waals surface area (Å²) < 4.78 is 0. The van der Waals surface area contributed by atoms with Crippen LogP contribution in [-0.2, 0) is 6.54 Å². The summed E-state index contributed by atoms with van der Waals surface area (Å²) in [5.41, 5.74) is 4.11. The normalized spacial score (nSPS) is 10.4. The van der Waals surface area contributed by atoms with E-state index in [9.17, 15) is 4.79 Å². The van der Waals surface area contributed by atoms with Gasteiger partial charge in [-0.25, -0.2) is 0 Å². The number of hydrogen-bond donors (Lipinski definition) is 2. The standard InChI is InChI=1S/C16H20N2OS/c1-10-8-14(20-12(10)3)9-18-16(19)13-5-6-15(17-4)11(2)7-13/h5-8,17H,9H2,1-4H3,(H,18,19). The van der Waals surface area contributed by atoms with Gasteiger partial charge in [0.15, 0.2) is 0 Å². The van der Waals surface area contributed by atoms with E-state index in [-0.39, 0.29) is 5.91 Å². The number of carbonyl (C=O) groups excluding carboxylic acids is 1. The molecule has 0 bridgehead atoms. The fourth-order valence-corrected chi connectivity index (χ4v) is 3.08. The Bertz CT molecular complexity index is 612. The molecule has 0 unspecified atom stereocenters. The van der Waals surface area contributed by atoms with Gasteiger partial charge in [0.25, 0.3) is 5.91 Å². The fourth-order valence-electron chi connectivity index (χ4n) is 2.09. The lowest BCUT2D eigenvalue weighted by Gasteiger charge is -2.08. The Kier molecular flexibility index (Phi) is 4.45. The molecule has 0 fully saturated rings. The van der Waals surface area contributed by atoms with Gasteiger partial charge in [-0.1, -0.05) is 0 Å². The van der Waals surface area contributed by atoms with Crippen LogP contribution in [0.4, 0.5) is 5.69 Å². The molecular weight excluding hydrogens is 268 g/mol. The highest BCUT2D eigenvalue weighted by Crippen LogP contribution is 2.20. The summed E-state index contributed by atoms with van der Waals surface area (Å²) in [6.45, 7) is 6.78. The van der Waals surface area contributed by atoms with Crippen LogP contribution in [0, 0.1) is 20.8 Å². The second-order valence-electron chi connectivity index (χ2n) is 4.91. The number of anilines is 1. The van der Waals surface area contributed by atoms with Crippen LogP contribution in [0.2, 0.25) is 0 Å². The fraction of sp³-hybridized carbons (Fsp3) is 0.312. The van der Waals surface area contributed by atoms with Gasteiger partial charge < -0.3 is 10.6 Å². The molecule has 0 saturated carbocycles. The van der Waals surface area contributed by atoms with E-state index in [4.69, 9.17) is 0 Å². The average molecular weight is 288 g/mol. The summed E-state index contributed by atoms with van der Waals surface area (Å²) in [5, 5.41) is 6.07. The molecule has 0 aliphatic heterocycles. The van der Waals surface area contributed by atoms with Crippen molar-refractivity contribution in [1.29, 1.82) is 0 Å². The molecule has 4 heteroatoms. The van der Waals surface area contributed by atoms with Crippen molar-refractivity contribution in [2.24, 2.45) is 0 Å². The maximum Gasteiger partial charge on any atom is 0.251 e. The lowest BCUT2D eigenvalue weighted by atomic mass is 10.1. The maximum atomic E-state index is 12.1. The molecule has 2 aromatic rings. The second kappa shape index (κ2) is 6.09. The highest BCUT2D eigenvalue weighted by atomic mass is 32.1. The Morgan fingerprint density at radius 3 is 2.45 bits per heavy atom. The number of nitrogens with one attached hydrogen (secondary N) is 2. The van der Waals surface area contributed by atoms with Gasteiger partial charge in [-0.05, 0) is 56.2 Å². The van der Waals surface area contributed by atoms with Crippen LogP contribution >= 0.6 is 11.3 Å². The summed E-state index contributed by atoms with van der Waals surface area (Å²) in [6.07, 6.45) is 0. The topological polar surface area (TPSA) is 41.1 Å². The Labute approximate surface area is 124 Å². The second-order valence-corrected chi connectivity index (χ2v) is 6.26. The summed E-state index contributed by atoms with van der Waals surface area (Å²) in [5.74, 6) is -0.0283. The molecule has 2 N–H and O–H groups in total. The first-order chi connectivity index (χ1) is 9.51. The van der Waals surface area contributed by atoms with Crippen LogP contribution in [-0.4, -0.2) is 13.0 Å². The van der Waals surface area contributed by atoms with E-state index in [0.717, 1.165) is 11.3 Å². The number of benzene rings is 1. The number of amides is 1. The number of carbonyl (C=O) groups is 1. The molecule has 2 rings (SSSR count). The summed E-state index contributed by atoms with van der Waals surface area (Å²) in [6, 6.07) is 7.82. The highest BCUT2D eigenvalue weighted by molar-refractivity contribution is 7.12. The van der Waals surface area contributed by atoms with Crippen LogP contribution in [0.3, 0.4) is 0 Å². The van der Waals surface area contributed by atoms with E-state index in [1.807, 2.05) is 32.2 Å². The Morgan fingerprint density at radius 2 is 1.90 bits per heavy atom. The molecule has 106 valence electrons. The van der Waals surface area contributed by atoms with Crippen LogP contribution in [0.5, 0.6) is 0 Å². The number of hydrogen-bond acceptors (Lipinski definition) is 3. The molecular formula is C16H20N2OS.